The molecule has 1 aliphatic carbocycles. The number of nitriles is 1. The Balaban J connectivity index is 1.66. The van der Waals surface area contributed by atoms with Crippen LogP contribution in [0.3, 0.4) is 0 Å². The van der Waals surface area contributed by atoms with E-state index in [4.69, 9.17) is 15.1 Å². The zero-order chi connectivity index (χ0) is 13.5. The summed E-state index contributed by atoms with van der Waals surface area (Å²) in [5.41, 5.74) is 0.648. The van der Waals surface area contributed by atoms with E-state index in [1.165, 1.54) is 12.8 Å². The number of aliphatic hydroxyl groups excluding tert-OH is 1. The van der Waals surface area contributed by atoms with Crippen molar-refractivity contribution in [1.82, 2.24) is 4.90 Å². The number of aliphatic hydroxyl groups is 1. The van der Waals surface area contributed by atoms with E-state index < -0.39 is 0 Å². The minimum Gasteiger partial charge on any atom is -0.494 e. The van der Waals surface area contributed by atoms with Crippen LogP contribution in [0.25, 0.3) is 0 Å². The topological polar surface area (TPSA) is 56.5 Å². The van der Waals surface area contributed by atoms with Crippen LogP contribution in [0.2, 0.25) is 0 Å². The molecule has 0 unspecified atom stereocenters. The molecule has 4 heteroatoms. The quantitative estimate of drug-likeness (QED) is 0.724. The third-order valence-electron chi connectivity index (χ3n) is 3.29. The molecule has 0 radical (unpaired) electrons. The van der Waals surface area contributed by atoms with Gasteiger partial charge in [-0.1, -0.05) is 0 Å². The summed E-state index contributed by atoms with van der Waals surface area (Å²) in [7, 11) is 0. The van der Waals surface area contributed by atoms with Crippen molar-refractivity contribution in [3.05, 3.63) is 29.8 Å². The highest BCUT2D eigenvalue weighted by Gasteiger charge is 2.27. The molecule has 1 aliphatic rings. The van der Waals surface area contributed by atoms with Gasteiger partial charge < -0.3 is 9.84 Å². The van der Waals surface area contributed by atoms with E-state index in [-0.39, 0.29) is 6.61 Å². The second kappa shape index (κ2) is 7.13. The number of nitrogens with zero attached hydrogens (tertiary/aromatic N) is 2. The Morgan fingerprint density at radius 1 is 1.26 bits per heavy atom. The van der Waals surface area contributed by atoms with E-state index >= 15 is 0 Å². The molecule has 0 spiro atoms. The van der Waals surface area contributed by atoms with Crippen LogP contribution >= 0.6 is 0 Å². The van der Waals surface area contributed by atoms with Crippen LogP contribution in [0.4, 0.5) is 0 Å². The average molecular weight is 260 g/mol. The number of benzene rings is 1. The molecular weight excluding hydrogens is 240 g/mol. The monoisotopic (exact) mass is 260 g/mol. The summed E-state index contributed by atoms with van der Waals surface area (Å²) in [6.45, 7) is 2.64. The summed E-state index contributed by atoms with van der Waals surface area (Å²) in [4.78, 5) is 2.34. The molecule has 0 aliphatic heterocycles. The lowest BCUT2D eigenvalue weighted by molar-refractivity contribution is 0.177. The van der Waals surface area contributed by atoms with Gasteiger partial charge in [0.1, 0.15) is 5.75 Å². The lowest BCUT2D eigenvalue weighted by Crippen LogP contribution is -2.31. The minimum atomic E-state index is 0.229. The summed E-state index contributed by atoms with van der Waals surface area (Å²) in [5.74, 6) is 0.805. The second-order valence-corrected chi connectivity index (χ2v) is 4.83. The van der Waals surface area contributed by atoms with Crippen molar-refractivity contribution in [1.29, 1.82) is 5.26 Å². The molecule has 1 aromatic carbocycles. The fourth-order valence-corrected chi connectivity index (χ4v) is 2.13. The van der Waals surface area contributed by atoms with Gasteiger partial charge in [-0.15, -0.1) is 0 Å². The average Bonchev–Trinajstić information content (AvgIpc) is 3.27. The molecular formula is C15H20N2O2. The maximum Gasteiger partial charge on any atom is 0.119 e. The largest absolute Gasteiger partial charge is 0.494 e. The van der Waals surface area contributed by atoms with Crippen LogP contribution < -0.4 is 4.74 Å². The molecule has 2 rings (SSSR count). The lowest BCUT2D eigenvalue weighted by Gasteiger charge is -2.20. The molecule has 0 amide bonds. The van der Waals surface area contributed by atoms with Gasteiger partial charge in [0.2, 0.25) is 0 Å². The standard InChI is InChI=1S/C15H20N2O2/c16-12-13-2-6-15(7-3-13)19-11-1-8-17(9-10-18)14-4-5-14/h2-3,6-7,14,18H,1,4-5,8-11H2. The molecule has 0 bridgehead atoms. The summed E-state index contributed by atoms with van der Waals surface area (Å²) < 4.78 is 5.64. The third-order valence-corrected chi connectivity index (χ3v) is 3.29. The Kier molecular flexibility index (Phi) is 5.20. The maximum absolute atomic E-state index is 9.00. The van der Waals surface area contributed by atoms with Crippen molar-refractivity contribution in [3.63, 3.8) is 0 Å². The van der Waals surface area contributed by atoms with Gasteiger partial charge in [0.15, 0.2) is 0 Å². The van der Waals surface area contributed by atoms with E-state index in [9.17, 15) is 0 Å². The van der Waals surface area contributed by atoms with Gasteiger partial charge >= 0.3 is 0 Å². The normalized spacial score (nSPS) is 14.4. The minimum absolute atomic E-state index is 0.229. The predicted octanol–water partition coefficient (Wildman–Crippen LogP) is 1.78. The first-order chi connectivity index (χ1) is 9.33. The Morgan fingerprint density at radius 3 is 2.58 bits per heavy atom. The summed E-state index contributed by atoms with van der Waals surface area (Å²) in [5, 5.41) is 17.7. The number of hydrogen-bond acceptors (Lipinski definition) is 4. The van der Waals surface area contributed by atoms with Crippen molar-refractivity contribution in [2.24, 2.45) is 0 Å². The Morgan fingerprint density at radius 2 is 2.00 bits per heavy atom. The van der Waals surface area contributed by atoms with Crippen LogP contribution in [-0.4, -0.2) is 42.4 Å². The molecule has 0 aromatic heterocycles. The Bertz CT molecular complexity index is 421. The van der Waals surface area contributed by atoms with Gasteiger partial charge in [0.05, 0.1) is 24.8 Å². The van der Waals surface area contributed by atoms with Crippen LogP contribution in [-0.2, 0) is 0 Å². The predicted molar refractivity (Wildman–Crippen MR) is 72.9 cm³/mol. The van der Waals surface area contributed by atoms with Crippen molar-refractivity contribution in [3.8, 4) is 11.8 Å². The van der Waals surface area contributed by atoms with E-state index in [1.807, 2.05) is 12.1 Å². The van der Waals surface area contributed by atoms with Gasteiger partial charge in [0, 0.05) is 19.1 Å². The SMILES string of the molecule is N#Cc1ccc(OCCCN(CCO)C2CC2)cc1. The first-order valence-corrected chi connectivity index (χ1v) is 6.81. The maximum atomic E-state index is 9.00. The number of ether oxygens (including phenoxy) is 1. The molecule has 4 nitrogen and oxygen atoms in total. The number of hydrogen-bond donors (Lipinski definition) is 1. The summed E-state index contributed by atoms with van der Waals surface area (Å²) in [6.07, 6.45) is 3.48. The third kappa shape index (κ3) is 4.55. The van der Waals surface area contributed by atoms with Crippen molar-refractivity contribution < 1.29 is 9.84 Å². The van der Waals surface area contributed by atoms with Crippen molar-refractivity contribution in [2.75, 3.05) is 26.3 Å². The zero-order valence-corrected chi connectivity index (χ0v) is 11.1. The molecule has 1 saturated carbocycles. The Labute approximate surface area is 114 Å². The molecule has 0 saturated heterocycles. The Hall–Kier alpha value is -1.57. The van der Waals surface area contributed by atoms with Gasteiger partial charge in [0.25, 0.3) is 0 Å². The highest BCUT2D eigenvalue weighted by Crippen LogP contribution is 2.26. The van der Waals surface area contributed by atoms with Crippen LogP contribution in [0.15, 0.2) is 24.3 Å². The van der Waals surface area contributed by atoms with Crippen molar-refractivity contribution >= 4 is 0 Å². The number of rotatable bonds is 8. The smallest absolute Gasteiger partial charge is 0.119 e. The molecule has 1 aromatic rings. The highest BCUT2D eigenvalue weighted by atomic mass is 16.5. The van der Waals surface area contributed by atoms with Crippen molar-refractivity contribution in [2.45, 2.75) is 25.3 Å². The molecule has 19 heavy (non-hydrogen) atoms. The fourth-order valence-electron chi connectivity index (χ4n) is 2.13. The van der Waals surface area contributed by atoms with Crippen LogP contribution in [0.1, 0.15) is 24.8 Å². The van der Waals surface area contributed by atoms with Crippen LogP contribution in [0, 0.1) is 11.3 Å². The second-order valence-electron chi connectivity index (χ2n) is 4.83. The van der Waals surface area contributed by atoms with Gasteiger partial charge in [-0.25, -0.2) is 0 Å². The molecule has 0 atom stereocenters. The highest BCUT2D eigenvalue weighted by molar-refractivity contribution is 5.34. The summed E-state index contributed by atoms with van der Waals surface area (Å²) >= 11 is 0. The van der Waals surface area contributed by atoms with E-state index in [2.05, 4.69) is 11.0 Å². The first kappa shape index (κ1) is 13.9. The van der Waals surface area contributed by atoms with E-state index in [0.29, 0.717) is 18.2 Å². The first-order valence-electron chi connectivity index (χ1n) is 6.81. The van der Waals surface area contributed by atoms with Gasteiger partial charge in [-0.05, 0) is 43.5 Å². The van der Waals surface area contributed by atoms with E-state index in [0.717, 1.165) is 25.3 Å². The van der Waals surface area contributed by atoms with Gasteiger partial charge in [-0.3, -0.25) is 4.90 Å². The fraction of sp³-hybridized carbons (Fsp3) is 0.533. The summed E-state index contributed by atoms with van der Waals surface area (Å²) in [6, 6.07) is 9.94. The van der Waals surface area contributed by atoms with E-state index in [1.54, 1.807) is 12.1 Å². The molecule has 102 valence electrons. The van der Waals surface area contributed by atoms with Gasteiger partial charge in [-0.2, -0.15) is 5.26 Å². The molecule has 0 heterocycles. The zero-order valence-electron chi connectivity index (χ0n) is 11.1. The lowest BCUT2D eigenvalue weighted by atomic mass is 10.2. The van der Waals surface area contributed by atoms with Crippen LogP contribution in [0.5, 0.6) is 5.75 Å². The molecule has 1 fully saturated rings. The molecule has 1 N–H and O–H groups in total.